The molecule has 1 heterocycles. The number of nitrogens with zero attached hydrogens (tertiary/aromatic N) is 2. The van der Waals surface area contributed by atoms with Gasteiger partial charge in [0.1, 0.15) is 17.3 Å². The fraction of sp³-hybridized carbons (Fsp3) is 0.100. The van der Waals surface area contributed by atoms with Crippen molar-refractivity contribution in [3.05, 3.63) is 81.1 Å². The zero-order chi connectivity index (χ0) is 20.8. The van der Waals surface area contributed by atoms with Crippen LogP contribution in [0.1, 0.15) is 11.3 Å². The van der Waals surface area contributed by atoms with Gasteiger partial charge in [0, 0.05) is 22.7 Å². The molecule has 0 saturated heterocycles. The summed E-state index contributed by atoms with van der Waals surface area (Å²) in [5.41, 5.74) is 3.85. The molecule has 0 spiro atoms. The summed E-state index contributed by atoms with van der Waals surface area (Å²) < 4.78 is 11.0. The van der Waals surface area contributed by atoms with Gasteiger partial charge in [0.25, 0.3) is 11.6 Å². The van der Waals surface area contributed by atoms with Crippen LogP contribution >= 0.6 is 11.6 Å². The third-order valence-electron chi connectivity index (χ3n) is 3.87. The van der Waals surface area contributed by atoms with E-state index in [1.807, 2.05) is 6.92 Å². The quantitative estimate of drug-likeness (QED) is 0.352. The summed E-state index contributed by atoms with van der Waals surface area (Å²) in [6.07, 6.45) is 1.35. The Hall–Kier alpha value is -3.65. The van der Waals surface area contributed by atoms with Crippen molar-refractivity contribution in [2.24, 2.45) is 5.10 Å². The number of amides is 1. The van der Waals surface area contributed by atoms with Crippen LogP contribution in [-0.4, -0.2) is 23.7 Å². The number of aryl methyl sites for hydroxylation is 1. The van der Waals surface area contributed by atoms with Crippen molar-refractivity contribution in [3.63, 3.8) is 0 Å². The van der Waals surface area contributed by atoms with Gasteiger partial charge in [-0.15, -0.1) is 0 Å². The van der Waals surface area contributed by atoms with Gasteiger partial charge < -0.3 is 9.15 Å². The molecule has 148 valence electrons. The van der Waals surface area contributed by atoms with Gasteiger partial charge in [-0.1, -0.05) is 11.6 Å². The first-order valence-corrected chi connectivity index (χ1v) is 8.85. The summed E-state index contributed by atoms with van der Waals surface area (Å²) in [4.78, 5) is 22.1. The van der Waals surface area contributed by atoms with Gasteiger partial charge in [-0.25, -0.2) is 5.43 Å². The number of halogens is 1. The predicted molar refractivity (Wildman–Crippen MR) is 108 cm³/mol. The van der Waals surface area contributed by atoms with Crippen LogP contribution in [0.2, 0.25) is 5.02 Å². The second-order valence-electron chi connectivity index (χ2n) is 6.00. The molecule has 0 fully saturated rings. The molecule has 3 rings (SSSR count). The van der Waals surface area contributed by atoms with Gasteiger partial charge in [-0.2, -0.15) is 5.10 Å². The van der Waals surface area contributed by atoms with Crippen LogP contribution < -0.4 is 10.2 Å². The maximum Gasteiger partial charge on any atom is 0.277 e. The molecule has 0 bridgehead atoms. The van der Waals surface area contributed by atoms with Crippen LogP contribution in [-0.2, 0) is 4.79 Å². The zero-order valence-electron chi connectivity index (χ0n) is 15.3. The number of carbonyl (C=O) groups is 1. The van der Waals surface area contributed by atoms with Gasteiger partial charge in [-0.05, 0) is 55.0 Å². The molecule has 3 aromatic rings. The van der Waals surface area contributed by atoms with Crippen molar-refractivity contribution in [3.8, 4) is 17.1 Å². The van der Waals surface area contributed by atoms with E-state index in [2.05, 4.69) is 10.5 Å². The van der Waals surface area contributed by atoms with E-state index in [0.29, 0.717) is 27.9 Å². The van der Waals surface area contributed by atoms with Crippen LogP contribution in [0, 0.1) is 17.0 Å². The topological polar surface area (TPSA) is 107 Å². The number of nitrogens with one attached hydrogen (secondary N) is 1. The number of carbonyl (C=O) groups excluding carboxylic acids is 1. The second-order valence-corrected chi connectivity index (χ2v) is 6.43. The average Bonchev–Trinajstić information content (AvgIpc) is 3.16. The van der Waals surface area contributed by atoms with Gasteiger partial charge in [0.2, 0.25) is 0 Å². The molecule has 1 N–H and O–H groups in total. The summed E-state index contributed by atoms with van der Waals surface area (Å²) in [5.74, 6) is 1.06. The Morgan fingerprint density at radius 1 is 1.24 bits per heavy atom. The van der Waals surface area contributed by atoms with E-state index < -0.39 is 10.8 Å². The van der Waals surface area contributed by atoms with Crippen LogP contribution in [0.5, 0.6) is 5.75 Å². The number of nitro benzene ring substituents is 1. The lowest BCUT2D eigenvalue weighted by molar-refractivity contribution is -0.384. The molecule has 0 aliphatic rings. The minimum atomic E-state index is -0.468. The standard InChI is InChI=1S/C20H16ClN3O5/c1-13-10-15(21)4-8-18(13)28-12-20(25)23-22-11-17-7-9-19(29-17)14-2-5-16(6-3-14)24(26)27/h2-11H,12H2,1H3,(H,23,25)/b22-11+. The lowest BCUT2D eigenvalue weighted by Gasteiger charge is -2.08. The van der Waals surface area contributed by atoms with Crippen LogP contribution in [0.4, 0.5) is 5.69 Å². The van der Waals surface area contributed by atoms with E-state index in [0.717, 1.165) is 5.56 Å². The SMILES string of the molecule is Cc1cc(Cl)ccc1OCC(=O)N/N=C/c1ccc(-c2ccc([N+](=O)[O-])cc2)o1. The number of ether oxygens (including phenoxy) is 1. The van der Waals surface area contributed by atoms with Crippen molar-refractivity contribution < 1.29 is 18.9 Å². The van der Waals surface area contributed by atoms with E-state index in [1.54, 1.807) is 42.5 Å². The molecule has 9 heteroatoms. The predicted octanol–water partition coefficient (Wildman–Crippen LogP) is 4.35. The average molecular weight is 414 g/mol. The minimum absolute atomic E-state index is 0.000757. The molecule has 0 saturated carbocycles. The molecule has 29 heavy (non-hydrogen) atoms. The maximum absolute atomic E-state index is 11.8. The summed E-state index contributed by atoms with van der Waals surface area (Å²) in [7, 11) is 0. The van der Waals surface area contributed by atoms with Crippen molar-refractivity contribution in [2.45, 2.75) is 6.92 Å². The highest BCUT2D eigenvalue weighted by molar-refractivity contribution is 6.30. The van der Waals surface area contributed by atoms with E-state index in [9.17, 15) is 14.9 Å². The Bertz CT molecular complexity index is 1060. The number of non-ortho nitro benzene ring substituents is 1. The zero-order valence-corrected chi connectivity index (χ0v) is 16.1. The molecule has 0 atom stereocenters. The molecule has 0 aliphatic carbocycles. The number of nitro groups is 1. The third-order valence-corrected chi connectivity index (χ3v) is 4.10. The first-order chi connectivity index (χ1) is 13.9. The smallest absolute Gasteiger partial charge is 0.277 e. The van der Waals surface area contributed by atoms with Gasteiger partial charge >= 0.3 is 0 Å². The molecular formula is C20H16ClN3O5. The number of hydrogen-bond donors (Lipinski definition) is 1. The summed E-state index contributed by atoms with van der Waals surface area (Å²) in [5, 5.41) is 15.1. The van der Waals surface area contributed by atoms with E-state index in [1.165, 1.54) is 18.3 Å². The number of hydrazone groups is 1. The lowest BCUT2D eigenvalue weighted by Crippen LogP contribution is -2.24. The molecule has 8 nitrogen and oxygen atoms in total. The van der Waals surface area contributed by atoms with E-state index >= 15 is 0 Å². The molecule has 0 aliphatic heterocycles. The Morgan fingerprint density at radius 3 is 2.69 bits per heavy atom. The number of benzene rings is 2. The molecule has 0 radical (unpaired) electrons. The fourth-order valence-electron chi connectivity index (χ4n) is 2.44. The van der Waals surface area contributed by atoms with E-state index in [4.69, 9.17) is 20.8 Å². The van der Waals surface area contributed by atoms with Crippen molar-refractivity contribution in [1.29, 1.82) is 0 Å². The Balaban J connectivity index is 1.52. The third kappa shape index (κ3) is 5.43. The molecular weight excluding hydrogens is 398 g/mol. The highest BCUT2D eigenvalue weighted by Gasteiger charge is 2.08. The highest BCUT2D eigenvalue weighted by Crippen LogP contribution is 2.24. The Kier molecular flexibility index (Phi) is 6.25. The first-order valence-electron chi connectivity index (χ1n) is 8.48. The van der Waals surface area contributed by atoms with Crippen LogP contribution in [0.25, 0.3) is 11.3 Å². The number of furan rings is 1. The Labute approximate surface area is 170 Å². The van der Waals surface area contributed by atoms with Crippen LogP contribution in [0.3, 0.4) is 0 Å². The summed E-state index contributed by atoms with van der Waals surface area (Å²) in [6, 6.07) is 14.5. The van der Waals surface area contributed by atoms with Gasteiger partial charge in [-0.3, -0.25) is 14.9 Å². The highest BCUT2D eigenvalue weighted by atomic mass is 35.5. The molecule has 0 unspecified atom stereocenters. The molecule has 2 aromatic carbocycles. The fourth-order valence-corrected chi connectivity index (χ4v) is 2.67. The molecule has 1 amide bonds. The van der Waals surface area contributed by atoms with Crippen molar-refractivity contribution in [1.82, 2.24) is 5.43 Å². The largest absolute Gasteiger partial charge is 0.483 e. The number of rotatable bonds is 7. The number of hydrogen-bond acceptors (Lipinski definition) is 6. The first kappa shape index (κ1) is 20.1. The summed E-state index contributed by atoms with van der Waals surface area (Å²) >= 11 is 5.88. The minimum Gasteiger partial charge on any atom is -0.483 e. The summed E-state index contributed by atoms with van der Waals surface area (Å²) in [6.45, 7) is 1.63. The second kappa shape index (κ2) is 9.03. The lowest BCUT2D eigenvalue weighted by atomic mass is 10.1. The monoisotopic (exact) mass is 413 g/mol. The van der Waals surface area contributed by atoms with Crippen molar-refractivity contribution >= 4 is 29.4 Å². The Morgan fingerprint density at radius 2 is 2.00 bits per heavy atom. The normalized spacial score (nSPS) is 10.8. The van der Waals surface area contributed by atoms with Gasteiger partial charge in [0.05, 0.1) is 11.1 Å². The molecule has 1 aromatic heterocycles. The van der Waals surface area contributed by atoms with Gasteiger partial charge in [0.15, 0.2) is 6.61 Å². The van der Waals surface area contributed by atoms with E-state index in [-0.39, 0.29) is 12.3 Å². The van der Waals surface area contributed by atoms with Crippen LogP contribution in [0.15, 0.2) is 64.1 Å². The van der Waals surface area contributed by atoms with Crippen molar-refractivity contribution in [2.75, 3.05) is 6.61 Å². The maximum atomic E-state index is 11.8.